The maximum atomic E-state index is 5.87. The van der Waals surface area contributed by atoms with Crippen molar-refractivity contribution in [2.75, 3.05) is 24.8 Å². The van der Waals surface area contributed by atoms with Crippen LogP contribution in [0.1, 0.15) is 58.1 Å². The van der Waals surface area contributed by atoms with Crippen LogP contribution in [-0.2, 0) is 17.6 Å². The minimum atomic E-state index is 0.720. The zero-order valence-electron chi connectivity index (χ0n) is 13.7. The summed E-state index contributed by atoms with van der Waals surface area (Å²) < 4.78 is 5.87. The highest BCUT2D eigenvalue weighted by atomic mass is 16.5. The van der Waals surface area contributed by atoms with Crippen molar-refractivity contribution in [2.24, 2.45) is 0 Å². The molecule has 0 saturated heterocycles. The van der Waals surface area contributed by atoms with Crippen LogP contribution in [-0.4, -0.2) is 19.9 Å². The summed E-state index contributed by atoms with van der Waals surface area (Å²) in [6, 6.07) is 6.69. The molecule has 0 aromatic heterocycles. The molecule has 0 aliphatic heterocycles. The van der Waals surface area contributed by atoms with Gasteiger partial charge in [0, 0.05) is 18.8 Å². The Kier molecular flexibility index (Phi) is 8.36. The topological polar surface area (TPSA) is 12.5 Å². The molecule has 0 saturated carbocycles. The summed E-state index contributed by atoms with van der Waals surface area (Å²) in [5.74, 6) is 0. The smallest absolute Gasteiger partial charge is 0.118 e. The van der Waals surface area contributed by atoms with E-state index in [9.17, 15) is 0 Å². The van der Waals surface area contributed by atoms with Gasteiger partial charge in [0.2, 0.25) is 0 Å². The molecule has 1 aromatic rings. The molecule has 0 atom stereocenters. The quantitative estimate of drug-likeness (QED) is 0.450. The Hall–Kier alpha value is -1.02. The molecule has 0 N–H and O–H groups in total. The monoisotopic (exact) mass is 277 g/mol. The van der Waals surface area contributed by atoms with E-state index in [2.05, 4.69) is 50.8 Å². The van der Waals surface area contributed by atoms with Crippen LogP contribution in [0.2, 0.25) is 0 Å². The van der Waals surface area contributed by atoms with Gasteiger partial charge in [-0.2, -0.15) is 0 Å². The van der Waals surface area contributed by atoms with Crippen LogP contribution in [0.4, 0.5) is 5.69 Å². The normalized spacial score (nSPS) is 10.8. The van der Waals surface area contributed by atoms with Gasteiger partial charge in [-0.25, -0.2) is 0 Å². The van der Waals surface area contributed by atoms with Crippen LogP contribution in [0, 0.1) is 0 Å². The molecule has 0 unspecified atom stereocenters. The first-order chi connectivity index (χ1) is 9.78. The lowest BCUT2D eigenvalue weighted by Crippen LogP contribution is -2.29. The Morgan fingerprint density at radius 3 is 2.10 bits per heavy atom. The third kappa shape index (κ3) is 4.82. The predicted octanol–water partition coefficient (Wildman–Crippen LogP) is 4.80. The van der Waals surface area contributed by atoms with Gasteiger partial charge < -0.3 is 9.64 Å². The number of nitrogens with zero attached hydrogens (tertiary/aromatic N) is 1. The highest BCUT2D eigenvalue weighted by Crippen LogP contribution is 2.27. The Bertz CT molecular complexity index is 353. The summed E-state index contributed by atoms with van der Waals surface area (Å²) in [6.45, 7) is 11.6. The largest absolute Gasteiger partial charge is 0.361 e. The van der Waals surface area contributed by atoms with Crippen LogP contribution in [0.15, 0.2) is 18.2 Å². The van der Waals surface area contributed by atoms with E-state index in [1.165, 1.54) is 23.2 Å². The first-order valence-electron chi connectivity index (χ1n) is 8.21. The molecule has 0 spiro atoms. The van der Waals surface area contributed by atoms with E-state index in [1.54, 1.807) is 0 Å². The standard InChI is InChI=1S/C18H31NO/c1-5-9-14-20-15-19(13-6-2)18-16(7-3)11-10-12-17(18)8-4/h10-12H,5-9,13-15H2,1-4H3. The molecular weight excluding hydrogens is 246 g/mol. The molecule has 0 radical (unpaired) electrons. The number of ether oxygens (including phenoxy) is 1. The molecule has 0 aliphatic rings. The minimum Gasteiger partial charge on any atom is -0.361 e. The minimum absolute atomic E-state index is 0.720. The molecule has 20 heavy (non-hydrogen) atoms. The second-order valence-electron chi connectivity index (χ2n) is 5.29. The van der Waals surface area contributed by atoms with Gasteiger partial charge in [-0.05, 0) is 36.8 Å². The lowest BCUT2D eigenvalue weighted by molar-refractivity contribution is 0.131. The van der Waals surface area contributed by atoms with Gasteiger partial charge >= 0.3 is 0 Å². The summed E-state index contributed by atoms with van der Waals surface area (Å²) in [5.41, 5.74) is 4.30. The molecule has 0 heterocycles. The van der Waals surface area contributed by atoms with Crippen molar-refractivity contribution >= 4 is 5.69 Å². The van der Waals surface area contributed by atoms with Gasteiger partial charge in [-0.3, -0.25) is 0 Å². The fourth-order valence-electron chi connectivity index (χ4n) is 2.55. The van der Waals surface area contributed by atoms with Crippen LogP contribution in [0.3, 0.4) is 0 Å². The Balaban J connectivity index is 2.88. The van der Waals surface area contributed by atoms with Gasteiger partial charge in [-0.15, -0.1) is 0 Å². The van der Waals surface area contributed by atoms with Crippen LogP contribution < -0.4 is 4.90 Å². The predicted molar refractivity (Wildman–Crippen MR) is 88.6 cm³/mol. The third-order valence-corrected chi connectivity index (χ3v) is 3.66. The van der Waals surface area contributed by atoms with E-state index in [1.807, 2.05) is 0 Å². The van der Waals surface area contributed by atoms with E-state index in [4.69, 9.17) is 4.74 Å². The van der Waals surface area contributed by atoms with Crippen molar-refractivity contribution in [3.8, 4) is 0 Å². The Morgan fingerprint density at radius 2 is 1.60 bits per heavy atom. The van der Waals surface area contributed by atoms with Crippen LogP contribution in [0.5, 0.6) is 0 Å². The summed E-state index contributed by atoms with van der Waals surface area (Å²) in [6.07, 6.45) is 5.66. The summed E-state index contributed by atoms with van der Waals surface area (Å²) in [7, 11) is 0. The molecule has 0 bridgehead atoms. The Morgan fingerprint density at radius 1 is 0.950 bits per heavy atom. The van der Waals surface area contributed by atoms with E-state index < -0.39 is 0 Å². The highest BCUT2D eigenvalue weighted by Gasteiger charge is 2.13. The second kappa shape index (κ2) is 9.82. The van der Waals surface area contributed by atoms with Crippen molar-refractivity contribution < 1.29 is 4.74 Å². The average Bonchev–Trinajstić information content (AvgIpc) is 2.49. The first kappa shape index (κ1) is 17.0. The van der Waals surface area contributed by atoms with Gasteiger partial charge in [0.15, 0.2) is 0 Å². The molecule has 0 amide bonds. The maximum absolute atomic E-state index is 5.87. The number of hydrogen-bond donors (Lipinski definition) is 0. The van der Waals surface area contributed by atoms with Crippen molar-refractivity contribution in [1.29, 1.82) is 0 Å². The fraction of sp³-hybridized carbons (Fsp3) is 0.667. The van der Waals surface area contributed by atoms with Crippen LogP contribution in [0.25, 0.3) is 0 Å². The first-order valence-corrected chi connectivity index (χ1v) is 8.21. The molecule has 114 valence electrons. The van der Waals surface area contributed by atoms with Gasteiger partial charge in [0.05, 0.1) is 0 Å². The average molecular weight is 277 g/mol. The molecule has 1 rings (SSSR count). The van der Waals surface area contributed by atoms with Crippen molar-refractivity contribution in [2.45, 2.75) is 59.8 Å². The third-order valence-electron chi connectivity index (χ3n) is 3.66. The summed E-state index contributed by atoms with van der Waals surface area (Å²) >= 11 is 0. The second-order valence-corrected chi connectivity index (χ2v) is 5.29. The number of para-hydroxylation sites is 1. The molecule has 2 nitrogen and oxygen atoms in total. The van der Waals surface area contributed by atoms with Crippen molar-refractivity contribution in [3.05, 3.63) is 29.3 Å². The van der Waals surface area contributed by atoms with Crippen LogP contribution >= 0.6 is 0 Å². The van der Waals surface area contributed by atoms with E-state index in [-0.39, 0.29) is 0 Å². The fourth-order valence-corrected chi connectivity index (χ4v) is 2.55. The molecule has 1 aromatic carbocycles. The summed E-state index contributed by atoms with van der Waals surface area (Å²) in [5, 5.41) is 0. The molecule has 0 fully saturated rings. The zero-order valence-corrected chi connectivity index (χ0v) is 13.7. The number of aryl methyl sites for hydroxylation is 2. The van der Waals surface area contributed by atoms with Crippen molar-refractivity contribution in [3.63, 3.8) is 0 Å². The lowest BCUT2D eigenvalue weighted by atomic mass is 10.0. The summed E-state index contributed by atoms with van der Waals surface area (Å²) in [4.78, 5) is 2.42. The highest BCUT2D eigenvalue weighted by molar-refractivity contribution is 5.59. The zero-order chi connectivity index (χ0) is 14.8. The van der Waals surface area contributed by atoms with Gasteiger partial charge in [-0.1, -0.05) is 52.3 Å². The number of unbranched alkanes of at least 4 members (excludes halogenated alkanes) is 1. The van der Waals surface area contributed by atoms with Crippen molar-refractivity contribution in [1.82, 2.24) is 0 Å². The van der Waals surface area contributed by atoms with Gasteiger partial charge in [0.1, 0.15) is 6.73 Å². The van der Waals surface area contributed by atoms with Gasteiger partial charge in [0.25, 0.3) is 0 Å². The number of hydrogen-bond acceptors (Lipinski definition) is 2. The molecule has 0 aliphatic carbocycles. The number of anilines is 1. The Labute approximate surface area is 125 Å². The molecule has 2 heteroatoms. The molecular formula is C18H31NO. The van der Waals surface area contributed by atoms with E-state index >= 15 is 0 Å². The van der Waals surface area contributed by atoms with E-state index in [0.29, 0.717) is 0 Å². The van der Waals surface area contributed by atoms with E-state index in [0.717, 1.165) is 45.6 Å². The number of benzene rings is 1. The SMILES string of the molecule is CCCCOCN(CCC)c1c(CC)cccc1CC. The number of rotatable bonds is 10. The maximum Gasteiger partial charge on any atom is 0.118 e. The lowest BCUT2D eigenvalue weighted by Gasteiger charge is -2.28.